The molecule has 1 atom stereocenters. The van der Waals surface area contributed by atoms with Crippen molar-refractivity contribution in [1.82, 2.24) is 4.90 Å². The van der Waals surface area contributed by atoms with Crippen LogP contribution in [-0.4, -0.2) is 29.6 Å². The molecule has 1 aliphatic rings. The monoisotopic (exact) mass is 268 g/mol. The van der Waals surface area contributed by atoms with Crippen molar-refractivity contribution in [3.63, 3.8) is 0 Å². The van der Waals surface area contributed by atoms with Gasteiger partial charge in [0.1, 0.15) is 0 Å². The van der Waals surface area contributed by atoms with Gasteiger partial charge in [-0.1, -0.05) is 48.0 Å². The molecule has 0 amide bonds. The number of nitrogens with two attached hydrogens (primary N) is 1. The quantitative estimate of drug-likeness (QED) is 0.755. The Kier molecular flexibility index (Phi) is 5.88. The van der Waals surface area contributed by atoms with Gasteiger partial charge >= 0.3 is 0 Å². The summed E-state index contributed by atoms with van der Waals surface area (Å²) in [6.45, 7) is 16.2. The second-order valence-corrected chi connectivity index (χ2v) is 7.49. The smallest absolute Gasteiger partial charge is 0.0385 e. The fraction of sp³-hybridized carbons (Fsp3) is 1.00. The van der Waals surface area contributed by atoms with E-state index in [-0.39, 0.29) is 5.54 Å². The molecule has 0 spiro atoms. The molecule has 114 valence electrons. The Morgan fingerprint density at radius 1 is 1.11 bits per heavy atom. The topological polar surface area (TPSA) is 29.3 Å². The average Bonchev–Trinajstić information content (AvgIpc) is 2.64. The molecule has 2 N–H and O–H groups in total. The highest BCUT2D eigenvalue weighted by Crippen LogP contribution is 2.50. The van der Waals surface area contributed by atoms with Gasteiger partial charge in [0, 0.05) is 24.7 Å². The zero-order chi connectivity index (χ0) is 14.7. The van der Waals surface area contributed by atoms with Crippen LogP contribution in [0.4, 0.5) is 0 Å². The van der Waals surface area contributed by atoms with Gasteiger partial charge in [0.2, 0.25) is 0 Å². The van der Waals surface area contributed by atoms with Gasteiger partial charge in [-0.3, -0.25) is 4.90 Å². The number of rotatable bonds is 7. The summed E-state index contributed by atoms with van der Waals surface area (Å²) in [7, 11) is 0. The maximum atomic E-state index is 6.33. The van der Waals surface area contributed by atoms with Crippen molar-refractivity contribution in [3.8, 4) is 0 Å². The lowest BCUT2D eigenvalue weighted by atomic mass is 9.72. The lowest BCUT2D eigenvalue weighted by Crippen LogP contribution is -2.63. The molecule has 19 heavy (non-hydrogen) atoms. The molecule has 1 rings (SSSR count). The summed E-state index contributed by atoms with van der Waals surface area (Å²) in [4.78, 5) is 2.80. The Morgan fingerprint density at radius 2 is 1.68 bits per heavy atom. The standard InChI is InChI=1S/C17H36N2/c1-7-15(8-2)19(12-14(3)4)17(13-18)11-9-10-16(17,5)6/h14-15H,7-13,18H2,1-6H3. The van der Waals surface area contributed by atoms with Crippen LogP contribution in [0.1, 0.15) is 73.6 Å². The number of nitrogens with zero attached hydrogens (tertiary/aromatic N) is 1. The summed E-state index contributed by atoms with van der Waals surface area (Å²) in [5, 5.41) is 0. The lowest BCUT2D eigenvalue weighted by Gasteiger charge is -2.53. The Hall–Kier alpha value is -0.0800. The van der Waals surface area contributed by atoms with Crippen molar-refractivity contribution < 1.29 is 0 Å². The molecule has 0 aromatic heterocycles. The summed E-state index contributed by atoms with van der Waals surface area (Å²) < 4.78 is 0. The molecule has 2 heteroatoms. The van der Waals surface area contributed by atoms with Crippen LogP contribution in [0.3, 0.4) is 0 Å². The normalized spacial score (nSPS) is 26.8. The van der Waals surface area contributed by atoms with Crippen LogP contribution < -0.4 is 5.73 Å². The summed E-state index contributed by atoms with van der Waals surface area (Å²) >= 11 is 0. The second-order valence-electron chi connectivity index (χ2n) is 7.49. The highest BCUT2D eigenvalue weighted by Gasteiger charge is 2.52. The van der Waals surface area contributed by atoms with Crippen molar-refractivity contribution >= 4 is 0 Å². The van der Waals surface area contributed by atoms with Crippen LogP contribution >= 0.6 is 0 Å². The minimum Gasteiger partial charge on any atom is -0.329 e. The number of hydrogen-bond donors (Lipinski definition) is 1. The van der Waals surface area contributed by atoms with Crippen LogP contribution in [0.5, 0.6) is 0 Å². The largest absolute Gasteiger partial charge is 0.329 e. The van der Waals surface area contributed by atoms with E-state index >= 15 is 0 Å². The minimum atomic E-state index is 0.216. The van der Waals surface area contributed by atoms with Crippen LogP contribution in [0.25, 0.3) is 0 Å². The first kappa shape index (κ1) is 17.0. The maximum absolute atomic E-state index is 6.33. The fourth-order valence-corrected chi connectivity index (χ4v) is 4.22. The van der Waals surface area contributed by atoms with Gasteiger partial charge in [-0.2, -0.15) is 0 Å². The molecule has 0 aromatic carbocycles. The molecule has 0 aliphatic heterocycles. The van der Waals surface area contributed by atoms with Gasteiger partial charge in [0.25, 0.3) is 0 Å². The molecule has 2 nitrogen and oxygen atoms in total. The molecule has 0 radical (unpaired) electrons. The van der Waals surface area contributed by atoms with Gasteiger partial charge in [-0.05, 0) is 37.0 Å². The van der Waals surface area contributed by atoms with Crippen LogP contribution in [0.15, 0.2) is 0 Å². The van der Waals surface area contributed by atoms with Crippen molar-refractivity contribution in [3.05, 3.63) is 0 Å². The zero-order valence-corrected chi connectivity index (χ0v) is 14.1. The third-order valence-corrected chi connectivity index (χ3v) is 5.48. The summed E-state index contributed by atoms with van der Waals surface area (Å²) in [5.74, 6) is 0.709. The molecule has 1 fully saturated rings. The van der Waals surface area contributed by atoms with Crippen molar-refractivity contribution in [2.75, 3.05) is 13.1 Å². The first-order chi connectivity index (χ1) is 8.84. The Labute approximate surface area is 121 Å². The predicted octanol–water partition coefficient (Wildman–Crippen LogP) is 4.04. The second kappa shape index (κ2) is 6.58. The van der Waals surface area contributed by atoms with Crippen LogP contribution in [0, 0.1) is 11.3 Å². The van der Waals surface area contributed by atoms with Crippen LogP contribution in [0.2, 0.25) is 0 Å². The summed E-state index contributed by atoms with van der Waals surface area (Å²) in [6, 6.07) is 0.684. The summed E-state index contributed by atoms with van der Waals surface area (Å²) in [5.41, 5.74) is 6.89. The van der Waals surface area contributed by atoms with Crippen molar-refractivity contribution in [1.29, 1.82) is 0 Å². The Morgan fingerprint density at radius 3 is 2.00 bits per heavy atom. The van der Waals surface area contributed by atoms with E-state index in [1.54, 1.807) is 0 Å². The zero-order valence-electron chi connectivity index (χ0n) is 14.1. The van der Waals surface area contributed by atoms with Gasteiger partial charge in [-0.25, -0.2) is 0 Å². The van der Waals surface area contributed by atoms with E-state index < -0.39 is 0 Å². The maximum Gasteiger partial charge on any atom is 0.0385 e. The van der Waals surface area contributed by atoms with E-state index in [0.717, 1.165) is 6.54 Å². The molecule has 0 heterocycles. The van der Waals surface area contributed by atoms with Crippen LogP contribution in [-0.2, 0) is 0 Å². The van der Waals surface area contributed by atoms with Gasteiger partial charge in [-0.15, -0.1) is 0 Å². The van der Waals surface area contributed by atoms with Crippen molar-refractivity contribution in [2.45, 2.75) is 85.2 Å². The molecule has 0 aromatic rings. The van der Waals surface area contributed by atoms with Gasteiger partial charge in [0.15, 0.2) is 0 Å². The first-order valence-corrected chi connectivity index (χ1v) is 8.31. The van der Waals surface area contributed by atoms with E-state index in [9.17, 15) is 0 Å². The SMILES string of the molecule is CCC(CC)N(CC(C)C)C1(CN)CCCC1(C)C. The highest BCUT2D eigenvalue weighted by molar-refractivity contribution is 5.08. The minimum absolute atomic E-state index is 0.216. The molecule has 0 saturated heterocycles. The molecule has 1 unspecified atom stereocenters. The predicted molar refractivity (Wildman–Crippen MR) is 85.3 cm³/mol. The number of hydrogen-bond acceptors (Lipinski definition) is 2. The summed E-state index contributed by atoms with van der Waals surface area (Å²) in [6.07, 6.45) is 6.40. The molecule has 1 saturated carbocycles. The Balaban J connectivity index is 3.12. The van der Waals surface area contributed by atoms with E-state index in [4.69, 9.17) is 5.73 Å². The third-order valence-electron chi connectivity index (χ3n) is 5.48. The average molecular weight is 268 g/mol. The van der Waals surface area contributed by atoms with E-state index in [2.05, 4.69) is 46.4 Å². The van der Waals surface area contributed by atoms with E-state index in [1.165, 1.54) is 38.6 Å². The van der Waals surface area contributed by atoms with E-state index in [1.807, 2.05) is 0 Å². The molecule has 1 aliphatic carbocycles. The van der Waals surface area contributed by atoms with E-state index in [0.29, 0.717) is 17.4 Å². The van der Waals surface area contributed by atoms with Gasteiger partial charge < -0.3 is 5.73 Å². The Bertz CT molecular complexity index is 268. The highest BCUT2D eigenvalue weighted by atomic mass is 15.3. The fourth-order valence-electron chi connectivity index (χ4n) is 4.22. The third kappa shape index (κ3) is 3.16. The lowest BCUT2D eigenvalue weighted by molar-refractivity contribution is -0.0295. The van der Waals surface area contributed by atoms with Crippen molar-refractivity contribution in [2.24, 2.45) is 17.1 Å². The van der Waals surface area contributed by atoms with Gasteiger partial charge in [0.05, 0.1) is 0 Å². The first-order valence-electron chi connectivity index (χ1n) is 8.31. The molecule has 0 bridgehead atoms. The molecular formula is C17H36N2. The molecular weight excluding hydrogens is 232 g/mol.